The molecule has 0 aliphatic carbocycles. The van der Waals surface area contributed by atoms with Crippen molar-refractivity contribution in [1.82, 2.24) is 5.32 Å². The molecule has 0 bridgehead atoms. The van der Waals surface area contributed by atoms with Crippen molar-refractivity contribution in [2.45, 2.75) is 11.8 Å². The summed E-state index contributed by atoms with van der Waals surface area (Å²) < 4.78 is 23.6. The molecular formula is C10H14N2O4S. The lowest BCUT2D eigenvalue weighted by atomic mass is 10.2. The molecular weight excluding hydrogens is 244 g/mol. The van der Waals surface area contributed by atoms with Gasteiger partial charge in [0.1, 0.15) is 0 Å². The van der Waals surface area contributed by atoms with Gasteiger partial charge in [-0.1, -0.05) is 0 Å². The molecule has 0 fully saturated rings. The summed E-state index contributed by atoms with van der Waals surface area (Å²) in [6.45, 7) is 1.57. The number of amides is 1. The Morgan fingerprint density at radius 1 is 1.47 bits per heavy atom. The van der Waals surface area contributed by atoms with E-state index in [-0.39, 0.29) is 17.2 Å². The van der Waals surface area contributed by atoms with Crippen LogP contribution < -0.4 is 11.1 Å². The highest BCUT2D eigenvalue weighted by atomic mass is 32.2. The molecule has 6 nitrogen and oxygen atoms in total. The van der Waals surface area contributed by atoms with Crippen molar-refractivity contribution in [3.8, 4) is 0 Å². The molecule has 94 valence electrons. The quantitative estimate of drug-likeness (QED) is 0.686. The maximum atomic E-state index is 11.8. The van der Waals surface area contributed by atoms with E-state index in [1.807, 2.05) is 5.32 Å². The number of anilines is 1. The third-order valence-electron chi connectivity index (χ3n) is 2.25. The average Bonchev–Trinajstić information content (AvgIpc) is 2.21. The van der Waals surface area contributed by atoms with E-state index in [0.717, 1.165) is 0 Å². The number of sulfone groups is 1. The number of aryl methyl sites for hydroxylation is 1. The first-order chi connectivity index (χ1) is 7.83. The van der Waals surface area contributed by atoms with Crippen LogP contribution in [0.1, 0.15) is 5.56 Å². The van der Waals surface area contributed by atoms with Crippen LogP contribution in [0.2, 0.25) is 0 Å². The summed E-state index contributed by atoms with van der Waals surface area (Å²) in [6, 6.07) is 4.41. The topological polar surface area (TPSA) is 109 Å². The van der Waals surface area contributed by atoms with E-state index in [2.05, 4.69) is 0 Å². The van der Waals surface area contributed by atoms with E-state index in [4.69, 9.17) is 10.8 Å². The molecule has 0 heterocycles. The first-order valence-corrected chi connectivity index (χ1v) is 6.54. The van der Waals surface area contributed by atoms with Crippen molar-refractivity contribution < 1.29 is 18.3 Å². The van der Waals surface area contributed by atoms with Crippen LogP contribution in [0.5, 0.6) is 0 Å². The zero-order valence-corrected chi connectivity index (χ0v) is 10.1. The summed E-state index contributed by atoms with van der Waals surface area (Å²) in [5, 5.41) is 10.3. The third kappa shape index (κ3) is 3.63. The van der Waals surface area contributed by atoms with Crippen LogP contribution in [0.3, 0.4) is 0 Å². The lowest BCUT2D eigenvalue weighted by Crippen LogP contribution is -2.27. The fourth-order valence-corrected chi connectivity index (χ4v) is 2.49. The van der Waals surface area contributed by atoms with Crippen LogP contribution in [0.15, 0.2) is 23.1 Å². The molecule has 0 saturated heterocycles. The zero-order valence-electron chi connectivity index (χ0n) is 9.30. The summed E-state index contributed by atoms with van der Waals surface area (Å²) in [5.41, 5.74) is 6.79. The molecule has 1 rings (SSSR count). The maximum Gasteiger partial charge on any atom is 0.404 e. The molecule has 1 amide bonds. The monoisotopic (exact) mass is 258 g/mol. The van der Waals surface area contributed by atoms with Gasteiger partial charge in [-0.25, -0.2) is 13.2 Å². The standard InChI is InChI=1S/C10H14N2O4S/c1-7-6-8(2-3-9(7)11)17(15,16)5-4-12-10(13)14/h2-3,6,12H,4-5,11H2,1H3,(H,13,14). The Bertz CT molecular complexity index is 525. The van der Waals surface area contributed by atoms with Crippen LogP contribution >= 0.6 is 0 Å². The smallest absolute Gasteiger partial charge is 0.404 e. The van der Waals surface area contributed by atoms with Crippen molar-refractivity contribution in [3.63, 3.8) is 0 Å². The molecule has 7 heteroatoms. The number of nitrogens with two attached hydrogens (primary N) is 1. The second-order valence-corrected chi connectivity index (χ2v) is 5.68. The Balaban J connectivity index is 2.82. The first-order valence-electron chi connectivity index (χ1n) is 4.88. The number of carbonyl (C=O) groups is 1. The first kappa shape index (κ1) is 13.3. The normalized spacial score (nSPS) is 11.1. The van der Waals surface area contributed by atoms with Crippen LogP contribution in [-0.4, -0.2) is 31.9 Å². The van der Waals surface area contributed by atoms with Crippen molar-refractivity contribution in [1.29, 1.82) is 0 Å². The highest BCUT2D eigenvalue weighted by Gasteiger charge is 2.15. The Kier molecular flexibility index (Phi) is 3.95. The van der Waals surface area contributed by atoms with Gasteiger partial charge in [-0.15, -0.1) is 0 Å². The highest BCUT2D eigenvalue weighted by molar-refractivity contribution is 7.91. The minimum Gasteiger partial charge on any atom is -0.465 e. The van der Waals surface area contributed by atoms with Gasteiger partial charge in [0.2, 0.25) is 0 Å². The van der Waals surface area contributed by atoms with E-state index in [0.29, 0.717) is 11.3 Å². The van der Waals surface area contributed by atoms with Gasteiger partial charge >= 0.3 is 6.09 Å². The molecule has 0 aliphatic rings. The van der Waals surface area contributed by atoms with E-state index < -0.39 is 15.9 Å². The van der Waals surface area contributed by atoms with Crippen LogP contribution in [0.25, 0.3) is 0 Å². The van der Waals surface area contributed by atoms with E-state index in [1.165, 1.54) is 18.2 Å². The maximum absolute atomic E-state index is 11.8. The van der Waals surface area contributed by atoms with Gasteiger partial charge in [-0.2, -0.15) is 0 Å². The number of nitrogens with one attached hydrogen (secondary N) is 1. The number of hydrogen-bond donors (Lipinski definition) is 3. The second-order valence-electron chi connectivity index (χ2n) is 3.57. The minimum atomic E-state index is -3.48. The number of carboxylic acid groups (broad SMARTS) is 1. The molecule has 1 aromatic carbocycles. The van der Waals surface area contributed by atoms with Gasteiger partial charge in [-0.3, -0.25) is 0 Å². The molecule has 0 spiro atoms. The fourth-order valence-electron chi connectivity index (χ4n) is 1.25. The fraction of sp³-hybridized carbons (Fsp3) is 0.300. The Morgan fingerprint density at radius 2 is 2.12 bits per heavy atom. The molecule has 0 aliphatic heterocycles. The van der Waals surface area contributed by atoms with E-state index in [9.17, 15) is 13.2 Å². The van der Waals surface area contributed by atoms with Crippen molar-refractivity contribution in [3.05, 3.63) is 23.8 Å². The van der Waals surface area contributed by atoms with Gasteiger partial charge in [0.25, 0.3) is 0 Å². The van der Waals surface area contributed by atoms with Gasteiger partial charge in [0.15, 0.2) is 9.84 Å². The Labute approximate surface area is 99.4 Å². The molecule has 1 aromatic rings. The zero-order chi connectivity index (χ0) is 13.1. The van der Waals surface area contributed by atoms with Crippen LogP contribution in [0.4, 0.5) is 10.5 Å². The van der Waals surface area contributed by atoms with Crippen molar-refractivity contribution >= 4 is 21.6 Å². The molecule has 0 aromatic heterocycles. The number of hydrogen-bond acceptors (Lipinski definition) is 4. The van der Waals surface area contributed by atoms with Crippen molar-refractivity contribution in [2.75, 3.05) is 18.0 Å². The SMILES string of the molecule is Cc1cc(S(=O)(=O)CCNC(=O)O)ccc1N. The number of nitrogen functional groups attached to an aromatic ring is 1. The molecule has 17 heavy (non-hydrogen) atoms. The van der Waals surface area contributed by atoms with Crippen LogP contribution in [-0.2, 0) is 9.84 Å². The average molecular weight is 258 g/mol. The third-order valence-corrected chi connectivity index (χ3v) is 3.96. The molecule has 0 atom stereocenters. The summed E-state index contributed by atoms with van der Waals surface area (Å²) in [7, 11) is -3.48. The lowest BCUT2D eigenvalue weighted by Gasteiger charge is -2.06. The lowest BCUT2D eigenvalue weighted by molar-refractivity contribution is 0.195. The molecule has 0 saturated carbocycles. The molecule has 4 N–H and O–H groups in total. The molecule has 0 unspecified atom stereocenters. The molecule has 0 radical (unpaired) electrons. The van der Waals surface area contributed by atoms with Gasteiger partial charge < -0.3 is 16.2 Å². The van der Waals surface area contributed by atoms with E-state index in [1.54, 1.807) is 6.92 Å². The summed E-state index contributed by atoms with van der Waals surface area (Å²) in [6.07, 6.45) is -1.24. The second kappa shape index (κ2) is 5.05. The van der Waals surface area contributed by atoms with Gasteiger partial charge in [-0.05, 0) is 30.7 Å². The van der Waals surface area contributed by atoms with Gasteiger partial charge in [0.05, 0.1) is 10.6 Å². The highest BCUT2D eigenvalue weighted by Crippen LogP contribution is 2.17. The summed E-state index contributed by atoms with van der Waals surface area (Å²) in [4.78, 5) is 10.3. The van der Waals surface area contributed by atoms with Crippen molar-refractivity contribution in [2.24, 2.45) is 0 Å². The Hall–Kier alpha value is -1.76. The van der Waals surface area contributed by atoms with Crippen LogP contribution in [0, 0.1) is 6.92 Å². The predicted octanol–water partition coefficient (Wildman–Crippen LogP) is 0.619. The Morgan fingerprint density at radius 3 is 2.65 bits per heavy atom. The van der Waals surface area contributed by atoms with E-state index >= 15 is 0 Å². The summed E-state index contributed by atoms with van der Waals surface area (Å²) in [5.74, 6) is -0.275. The van der Waals surface area contributed by atoms with Gasteiger partial charge in [0, 0.05) is 12.2 Å². The summed E-state index contributed by atoms with van der Waals surface area (Å²) >= 11 is 0. The number of benzene rings is 1. The predicted molar refractivity (Wildman–Crippen MR) is 63.7 cm³/mol. The largest absolute Gasteiger partial charge is 0.465 e. The minimum absolute atomic E-state index is 0.138. The number of rotatable bonds is 4.